The Morgan fingerprint density at radius 3 is 1.67 bits per heavy atom. The number of amides is 3. The quantitative estimate of drug-likeness (QED) is 0.149. The van der Waals surface area contributed by atoms with E-state index in [1.807, 2.05) is 19.1 Å². The van der Waals surface area contributed by atoms with E-state index in [1.165, 1.54) is 36.2 Å². The molecule has 0 fully saturated rings. The molecular weight excluding hydrogens is 877 g/mol. The molecule has 17 heteroatoms. The molecule has 7 rings (SSSR count). The van der Waals surface area contributed by atoms with Crippen LogP contribution in [-0.4, -0.2) is 84.3 Å². The number of carbonyl (C=O) groups is 5. The van der Waals surface area contributed by atoms with Crippen LogP contribution in [0.15, 0.2) is 108 Å². The van der Waals surface area contributed by atoms with Gasteiger partial charge in [-0.25, -0.2) is 18.6 Å². The van der Waals surface area contributed by atoms with E-state index in [0.717, 1.165) is 32.2 Å². The van der Waals surface area contributed by atoms with Gasteiger partial charge in [0.05, 0.1) is 63.3 Å². The van der Waals surface area contributed by atoms with Crippen molar-refractivity contribution in [2.45, 2.75) is 6.92 Å². The number of nitrogens with one attached hydrogen (secondary N) is 1. The van der Waals surface area contributed by atoms with Gasteiger partial charge in [-0.15, -0.1) is 0 Å². The summed E-state index contributed by atoms with van der Waals surface area (Å²) in [6.45, 7) is 1.87. The topological polar surface area (TPSA) is 157 Å². The fraction of sp³-hybridized carbons (Fsp3) is 0.140. The third kappa shape index (κ3) is 8.73. The highest BCUT2D eigenvalue weighted by Gasteiger charge is 2.21. The van der Waals surface area contributed by atoms with E-state index in [9.17, 15) is 24.0 Å². The Morgan fingerprint density at radius 1 is 0.667 bits per heavy atom. The average Bonchev–Trinajstić information content (AvgIpc) is 3.87. The van der Waals surface area contributed by atoms with Crippen LogP contribution in [0.1, 0.15) is 57.4 Å². The molecule has 0 aliphatic heterocycles. The highest BCUT2D eigenvalue weighted by atomic mass is 79.9. The fourth-order valence-electron chi connectivity index (χ4n) is 6.24. The van der Waals surface area contributed by atoms with Crippen molar-refractivity contribution in [1.29, 1.82) is 0 Å². The van der Waals surface area contributed by atoms with Gasteiger partial charge in [-0.05, 0) is 101 Å². The molecule has 0 saturated carbocycles. The van der Waals surface area contributed by atoms with E-state index in [-0.39, 0.29) is 38.9 Å². The number of benzene rings is 3. The van der Waals surface area contributed by atoms with Crippen molar-refractivity contribution in [3.8, 4) is 11.1 Å². The highest BCUT2D eigenvalue weighted by molar-refractivity contribution is 9.10. The summed E-state index contributed by atoms with van der Waals surface area (Å²) in [5.41, 5.74) is 6.99. The lowest BCUT2D eigenvalue weighted by Crippen LogP contribution is -2.26. The molecule has 0 unspecified atom stereocenters. The normalized spacial score (nSPS) is 10.8. The maximum absolute atomic E-state index is 13.3. The second kappa shape index (κ2) is 18.2. The summed E-state index contributed by atoms with van der Waals surface area (Å²) in [6, 6.07) is 21.9. The van der Waals surface area contributed by atoms with Gasteiger partial charge in [0.2, 0.25) is 0 Å². The first-order valence-electron chi connectivity index (χ1n) is 17.9. The fourth-order valence-corrected chi connectivity index (χ4v) is 7.02. The van der Waals surface area contributed by atoms with Crippen LogP contribution >= 0.6 is 39.1 Å². The van der Waals surface area contributed by atoms with E-state index < -0.39 is 11.9 Å². The smallest absolute Gasteiger partial charge is 0.339 e. The van der Waals surface area contributed by atoms with Crippen LogP contribution in [0.4, 0.5) is 11.4 Å². The summed E-state index contributed by atoms with van der Waals surface area (Å²) in [5, 5.41) is 11.7. The predicted molar refractivity (Wildman–Crippen MR) is 233 cm³/mol. The largest absolute Gasteiger partial charge is 0.465 e. The number of esters is 2. The summed E-state index contributed by atoms with van der Waals surface area (Å²) in [4.78, 5) is 64.8. The summed E-state index contributed by atoms with van der Waals surface area (Å²) in [5.74, 6) is -1.79. The van der Waals surface area contributed by atoms with Gasteiger partial charge in [0.25, 0.3) is 17.7 Å². The number of carbonyl (C=O) groups excluding carboxylic acids is 5. The second-order valence-corrected chi connectivity index (χ2v) is 14.9. The van der Waals surface area contributed by atoms with Crippen LogP contribution in [-0.2, 0) is 9.47 Å². The Labute approximate surface area is 362 Å². The Kier molecular flexibility index (Phi) is 13.0. The molecule has 0 aliphatic rings. The van der Waals surface area contributed by atoms with Crippen molar-refractivity contribution >= 4 is 91.2 Å². The van der Waals surface area contributed by atoms with Gasteiger partial charge in [-0.1, -0.05) is 35.3 Å². The van der Waals surface area contributed by atoms with Crippen molar-refractivity contribution in [2.24, 2.45) is 0 Å². The zero-order valence-electron chi connectivity index (χ0n) is 33.0. The standard InChI is InChI=1S/C26H23ClN4O4.C17H13BrClN3O3/c1-15-11-16(5-7-19(15)24(32)28-2)21-14-29-31-10-9-17(12-23(21)31)25(33)30(3)18-6-8-22(27)20(13-18)26(34)35-4;1-21(11-3-4-14(19)12(8-11)17(24)25-2)16(23)10-5-6-22-15(7-10)13(18)9-20-22/h5-14H,1-4H3,(H,28,32);3-9H,1-2H3. The minimum absolute atomic E-state index is 0.151. The number of methoxy groups -OCH3 is 2. The minimum atomic E-state index is -0.583. The van der Waals surface area contributed by atoms with Gasteiger partial charge in [-0.3, -0.25) is 14.4 Å². The lowest BCUT2D eigenvalue weighted by atomic mass is 10.00. The lowest BCUT2D eigenvalue weighted by Gasteiger charge is -2.18. The molecule has 3 aromatic carbocycles. The summed E-state index contributed by atoms with van der Waals surface area (Å²) < 4.78 is 13.6. The van der Waals surface area contributed by atoms with Crippen LogP contribution in [0.5, 0.6) is 0 Å². The molecule has 306 valence electrons. The number of ether oxygens (including phenoxy) is 2. The van der Waals surface area contributed by atoms with Gasteiger partial charge >= 0.3 is 11.9 Å². The van der Waals surface area contributed by atoms with Crippen LogP contribution in [0.2, 0.25) is 10.0 Å². The van der Waals surface area contributed by atoms with Crippen molar-refractivity contribution < 1.29 is 33.4 Å². The molecule has 3 amide bonds. The summed E-state index contributed by atoms with van der Waals surface area (Å²) >= 11 is 15.5. The maximum Gasteiger partial charge on any atom is 0.339 e. The van der Waals surface area contributed by atoms with Crippen molar-refractivity contribution in [3.63, 3.8) is 0 Å². The molecule has 4 heterocycles. The molecule has 0 bridgehead atoms. The van der Waals surface area contributed by atoms with E-state index in [2.05, 4.69) is 31.4 Å². The number of hydrogen-bond acceptors (Lipinski definition) is 9. The molecule has 0 atom stereocenters. The van der Waals surface area contributed by atoms with Crippen LogP contribution in [0.3, 0.4) is 0 Å². The monoisotopic (exact) mass is 911 g/mol. The van der Waals surface area contributed by atoms with Crippen molar-refractivity contribution in [2.75, 3.05) is 45.2 Å². The molecule has 7 aromatic rings. The van der Waals surface area contributed by atoms with E-state index >= 15 is 0 Å². The summed E-state index contributed by atoms with van der Waals surface area (Å²) in [6.07, 6.45) is 6.81. The first-order valence-corrected chi connectivity index (χ1v) is 19.5. The molecule has 0 radical (unpaired) electrons. The van der Waals surface area contributed by atoms with Crippen LogP contribution < -0.4 is 15.1 Å². The van der Waals surface area contributed by atoms with E-state index in [0.29, 0.717) is 28.1 Å². The molecule has 4 aromatic heterocycles. The summed E-state index contributed by atoms with van der Waals surface area (Å²) in [7, 11) is 7.39. The van der Waals surface area contributed by atoms with Gasteiger partial charge < -0.3 is 24.6 Å². The van der Waals surface area contributed by atoms with Gasteiger partial charge in [0.1, 0.15) is 0 Å². The minimum Gasteiger partial charge on any atom is -0.465 e. The number of hydrogen-bond donors (Lipinski definition) is 1. The predicted octanol–water partition coefficient (Wildman–Crippen LogP) is 8.20. The number of halogens is 3. The number of aromatic nitrogens is 4. The van der Waals surface area contributed by atoms with E-state index in [1.54, 1.807) is 110 Å². The SMILES string of the molecule is CNC(=O)c1ccc(-c2cnn3ccc(C(=O)N(C)c4ccc(Cl)c(C(=O)OC)c4)cc23)cc1C.COC(=O)c1cc(N(C)C(=O)c2ccn3ncc(Br)c3c2)ccc1Cl. The zero-order valence-corrected chi connectivity index (χ0v) is 36.1. The number of nitrogens with zero attached hydrogens (tertiary/aromatic N) is 6. The molecule has 60 heavy (non-hydrogen) atoms. The molecule has 1 N–H and O–H groups in total. The number of aryl methyl sites for hydroxylation is 1. The number of rotatable bonds is 8. The first-order chi connectivity index (χ1) is 28.7. The Balaban J connectivity index is 0.000000213. The number of fused-ring (bicyclic) bond motifs is 2. The zero-order chi connectivity index (χ0) is 43.4. The molecule has 14 nitrogen and oxygen atoms in total. The van der Waals surface area contributed by atoms with Crippen molar-refractivity contribution in [1.82, 2.24) is 24.5 Å². The average molecular weight is 914 g/mol. The van der Waals surface area contributed by atoms with Gasteiger partial charge in [0.15, 0.2) is 0 Å². The first kappa shape index (κ1) is 43.0. The number of pyridine rings is 2. The Morgan fingerprint density at radius 2 is 1.17 bits per heavy atom. The van der Waals surface area contributed by atoms with Gasteiger partial charge in [0, 0.05) is 67.2 Å². The molecule has 0 saturated heterocycles. The third-order valence-electron chi connectivity index (χ3n) is 9.59. The van der Waals surface area contributed by atoms with Gasteiger partial charge in [-0.2, -0.15) is 10.2 Å². The Hall–Kier alpha value is -6.55. The number of anilines is 2. The maximum atomic E-state index is 13.3. The molecule has 0 spiro atoms. The Bertz CT molecular complexity index is 2840. The van der Waals surface area contributed by atoms with Crippen LogP contribution in [0.25, 0.3) is 22.2 Å². The second-order valence-electron chi connectivity index (χ2n) is 13.2. The third-order valence-corrected chi connectivity index (χ3v) is 10.9. The van der Waals surface area contributed by atoms with Crippen LogP contribution in [0, 0.1) is 6.92 Å². The lowest BCUT2D eigenvalue weighted by molar-refractivity contribution is 0.0592. The molecule has 0 aliphatic carbocycles. The molecular formula is C43H36BrCl2N7O7. The van der Waals surface area contributed by atoms with E-state index in [4.69, 9.17) is 32.7 Å². The highest BCUT2D eigenvalue weighted by Crippen LogP contribution is 2.30. The van der Waals surface area contributed by atoms with Crippen molar-refractivity contribution in [3.05, 3.63) is 152 Å².